The van der Waals surface area contributed by atoms with Crippen molar-refractivity contribution >= 4 is 12.1 Å². The molecule has 2 nitrogen and oxygen atoms in total. The highest BCUT2D eigenvalue weighted by atomic mass is 19.1. The standard InChI is InChI=1S/C13H14FNO/c14-10-5-9-4-8-2-1-3-11(8)13(15-7-16)12(9)6-10/h4,7,10H,1-3,5-6H2,(H,15,16)/t10-/m0/s1. The molecule has 3 heteroatoms. The molecule has 0 heterocycles. The van der Waals surface area contributed by atoms with Gasteiger partial charge in [-0.05, 0) is 41.5 Å². The molecule has 0 fully saturated rings. The van der Waals surface area contributed by atoms with Gasteiger partial charge in [0.05, 0.1) is 0 Å². The lowest BCUT2D eigenvalue weighted by atomic mass is 9.99. The first kappa shape index (κ1) is 9.82. The van der Waals surface area contributed by atoms with Crippen molar-refractivity contribution in [1.29, 1.82) is 0 Å². The lowest BCUT2D eigenvalue weighted by molar-refractivity contribution is -0.105. The molecule has 0 bridgehead atoms. The van der Waals surface area contributed by atoms with Gasteiger partial charge in [-0.1, -0.05) is 6.07 Å². The summed E-state index contributed by atoms with van der Waals surface area (Å²) < 4.78 is 13.4. The van der Waals surface area contributed by atoms with Gasteiger partial charge in [0, 0.05) is 18.5 Å². The number of nitrogens with one attached hydrogen (secondary N) is 1. The monoisotopic (exact) mass is 219 g/mol. The second kappa shape index (κ2) is 3.58. The zero-order valence-corrected chi connectivity index (χ0v) is 9.05. The average molecular weight is 219 g/mol. The summed E-state index contributed by atoms with van der Waals surface area (Å²) in [6.45, 7) is 0. The molecule has 0 spiro atoms. The highest BCUT2D eigenvalue weighted by molar-refractivity contribution is 5.79. The third kappa shape index (κ3) is 1.34. The van der Waals surface area contributed by atoms with Gasteiger partial charge in [-0.15, -0.1) is 0 Å². The summed E-state index contributed by atoms with van der Waals surface area (Å²) >= 11 is 0. The van der Waals surface area contributed by atoms with Gasteiger partial charge < -0.3 is 5.32 Å². The van der Waals surface area contributed by atoms with Crippen molar-refractivity contribution in [3.05, 3.63) is 28.3 Å². The largest absolute Gasteiger partial charge is 0.328 e. The molecule has 2 aliphatic carbocycles. The van der Waals surface area contributed by atoms with Crippen LogP contribution in [0.15, 0.2) is 6.07 Å². The minimum absolute atomic E-state index is 0.457. The molecule has 0 radical (unpaired) electrons. The normalized spacial score (nSPS) is 21.7. The highest BCUT2D eigenvalue weighted by Gasteiger charge is 2.28. The molecule has 0 unspecified atom stereocenters. The van der Waals surface area contributed by atoms with E-state index >= 15 is 0 Å². The van der Waals surface area contributed by atoms with Gasteiger partial charge in [0.25, 0.3) is 0 Å². The number of carbonyl (C=O) groups excluding carboxylic acids is 1. The van der Waals surface area contributed by atoms with Gasteiger partial charge >= 0.3 is 0 Å². The Labute approximate surface area is 93.9 Å². The number of halogens is 1. The summed E-state index contributed by atoms with van der Waals surface area (Å²) in [5.74, 6) is 0. The molecule has 1 atom stereocenters. The summed E-state index contributed by atoms with van der Waals surface area (Å²) in [4.78, 5) is 10.7. The Morgan fingerprint density at radius 1 is 1.25 bits per heavy atom. The predicted octanol–water partition coefficient (Wildman–Crippen LogP) is 2.18. The number of benzene rings is 1. The Bertz CT molecular complexity index is 456. The van der Waals surface area contributed by atoms with Crippen LogP contribution in [0.5, 0.6) is 0 Å². The molecule has 0 saturated heterocycles. The van der Waals surface area contributed by atoms with Crippen molar-refractivity contribution in [2.45, 2.75) is 38.3 Å². The van der Waals surface area contributed by atoms with Crippen molar-refractivity contribution in [1.82, 2.24) is 0 Å². The molecular formula is C13H14FNO. The van der Waals surface area contributed by atoms with Gasteiger partial charge in [0.2, 0.25) is 6.41 Å². The van der Waals surface area contributed by atoms with Gasteiger partial charge in [-0.3, -0.25) is 4.79 Å². The molecule has 0 aliphatic heterocycles. The van der Waals surface area contributed by atoms with Crippen molar-refractivity contribution in [3.63, 3.8) is 0 Å². The fraction of sp³-hybridized carbons (Fsp3) is 0.462. The van der Waals surface area contributed by atoms with Crippen LogP contribution in [0.3, 0.4) is 0 Å². The molecule has 1 amide bonds. The lowest BCUT2D eigenvalue weighted by Gasteiger charge is -2.13. The maximum absolute atomic E-state index is 13.4. The van der Waals surface area contributed by atoms with Crippen LogP contribution in [0.25, 0.3) is 0 Å². The number of rotatable bonds is 2. The first-order chi connectivity index (χ1) is 7.79. The summed E-state index contributed by atoms with van der Waals surface area (Å²) in [6, 6.07) is 2.15. The maximum atomic E-state index is 13.4. The molecule has 0 saturated carbocycles. The van der Waals surface area contributed by atoms with Crippen LogP contribution in [0.4, 0.5) is 10.1 Å². The number of fused-ring (bicyclic) bond motifs is 2. The molecule has 1 N–H and O–H groups in total. The SMILES string of the molecule is O=CNc1c2c(cc3c1C[C@@H](F)C3)CCC2. The fourth-order valence-corrected chi connectivity index (χ4v) is 3.03. The second-order valence-corrected chi connectivity index (χ2v) is 4.65. The van der Waals surface area contributed by atoms with E-state index in [1.807, 2.05) is 0 Å². The summed E-state index contributed by atoms with van der Waals surface area (Å²) in [7, 11) is 0. The van der Waals surface area contributed by atoms with Gasteiger partial charge in [-0.2, -0.15) is 0 Å². The number of carbonyl (C=O) groups is 1. The van der Waals surface area contributed by atoms with Crippen molar-refractivity contribution in [2.75, 3.05) is 5.32 Å². The second-order valence-electron chi connectivity index (χ2n) is 4.65. The van der Waals surface area contributed by atoms with Crippen molar-refractivity contribution < 1.29 is 9.18 Å². The van der Waals surface area contributed by atoms with E-state index in [2.05, 4.69) is 11.4 Å². The third-order valence-corrected chi connectivity index (χ3v) is 3.67. The summed E-state index contributed by atoms with van der Waals surface area (Å²) in [6.07, 6.45) is 4.12. The quantitative estimate of drug-likeness (QED) is 0.759. The Balaban J connectivity index is 2.16. The van der Waals surface area contributed by atoms with Crippen LogP contribution in [-0.2, 0) is 30.5 Å². The van der Waals surface area contributed by atoms with Crippen LogP contribution in [0.2, 0.25) is 0 Å². The van der Waals surface area contributed by atoms with E-state index in [1.54, 1.807) is 0 Å². The number of hydrogen-bond acceptors (Lipinski definition) is 1. The van der Waals surface area contributed by atoms with Gasteiger partial charge in [0.1, 0.15) is 6.17 Å². The summed E-state index contributed by atoms with van der Waals surface area (Å²) in [5.41, 5.74) is 5.56. The van der Waals surface area contributed by atoms with E-state index in [1.165, 1.54) is 11.1 Å². The van der Waals surface area contributed by atoms with E-state index in [-0.39, 0.29) is 0 Å². The molecule has 1 aromatic carbocycles. The fourth-order valence-electron chi connectivity index (χ4n) is 3.03. The predicted molar refractivity (Wildman–Crippen MR) is 60.5 cm³/mol. The van der Waals surface area contributed by atoms with Crippen LogP contribution in [0, 0.1) is 0 Å². The zero-order chi connectivity index (χ0) is 11.1. The molecule has 1 aromatic rings. The third-order valence-electron chi connectivity index (χ3n) is 3.67. The zero-order valence-electron chi connectivity index (χ0n) is 9.05. The topological polar surface area (TPSA) is 29.1 Å². The first-order valence-electron chi connectivity index (χ1n) is 5.80. The number of anilines is 1. The minimum Gasteiger partial charge on any atom is -0.328 e. The van der Waals surface area contributed by atoms with Crippen LogP contribution < -0.4 is 5.32 Å². The number of aryl methyl sites for hydroxylation is 1. The van der Waals surface area contributed by atoms with E-state index < -0.39 is 6.17 Å². The Morgan fingerprint density at radius 2 is 2.12 bits per heavy atom. The van der Waals surface area contributed by atoms with E-state index in [9.17, 15) is 9.18 Å². The van der Waals surface area contributed by atoms with Crippen LogP contribution in [-0.4, -0.2) is 12.6 Å². The van der Waals surface area contributed by atoms with Gasteiger partial charge in [0.15, 0.2) is 0 Å². The van der Waals surface area contributed by atoms with E-state index in [0.29, 0.717) is 19.3 Å². The maximum Gasteiger partial charge on any atom is 0.211 e. The van der Waals surface area contributed by atoms with Gasteiger partial charge in [-0.25, -0.2) is 4.39 Å². The molecule has 3 rings (SSSR count). The van der Waals surface area contributed by atoms with E-state index in [4.69, 9.17) is 0 Å². The highest BCUT2D eigenvalue weighted by Crippen LogP contribution is 2.38. The van der Waals surface area contributed by atoms with Crippen LogP contribution >= 0.6 is 0 Å². The summed E-state index contributed by atoms with van der Waals surface area (Å²) in [5, 5.41) is 2.78. The molecule has 2 aliphatic rings. The Morgan fingerprint density at radius 3 is 2.94 bits per heavy atom. The van der Waals surface area contributed by atoms with Crippen molar-refractivity contribution in [2.24, 2.45) is 0 Å². The Kier molecular flexibility index (Phi) is 2.20. The smallest absolute Gasteiger partial charge is 0.211 e. The molecule has 0 aromatic heterocycles. The van der Waals surface area contributed by atoms with Crippen molar-refractivity contribution in [3.8, 4) is 0 Å². The minimum atomic E-state index is -0.773. The molecule has 16 heavy (non-hydrogen) atoms. The average Bonchev–Trinajstić information content (AvgIpc) is 2.83. The first-order valence-corrected chi connectivity index (χ1v) is 5.80. The molecular weight excluding hydrogens is 205 g/mol. The number of amides is 1. The van der Waals surface area contributed by atoms with Crippen LogP contribution in [0.1, 0.15) is 28.7 Å². The Hall–Kier alpha value is -1.38. The number of alkyl halides is 1. The lowest BCUT2D eigenvalue weighted by Crippen LogP contribution is -2.04. The number of hydrogen-bond donors (Lipinski definition) is 1. The molecule has 84 valence electrons. The van der Waals surface area contributed by atoms with E-state index in [0.717, 1.165) is 36.1 Å².